The number of phosphoric ester groups is 1. The third-order valence-electron chi connectivity index (χ3n) is 1.16. The normalized spacial score (nSPS) is 13.0. The second-order valence-electron chi connectivity index (χ2n) is 2.65. The van der Waals surface area contributed by atoms with Crippen LogP contribution >= 0.6 is 19.4 Å². The van der Waals surface area contributed by atoms with Gasteiger partial charge in [-0.1, -0.05) is 0 Å². The molecule has 0 aromatic rings. The molecule has 0 saturated carbocycles. The van der Waals surface area contributed by atoms with E-state index >= 15 is 0 Å². The van der Waals surface area contributed by atoms with Gasteiger partial charge in [0, 0.05) is 12.3 Å². The van der Waals surface area contributed by atoms with Crippen molar-refractivity contribution in [3.05, 3.63) is 11.8 Å². The SMILES string of the molecule is CC(=COCCCOP(=O)(O)O)CCl. The largest absolute Gasteiger partial charge is 0.501 e. The zero-order valence-corrected chi connectivity index (χ0v) is 9.50. The minimum Gasteiger partial charge on any atom is -0.501 e. The van der Waals surface area contributed by atoms with Gasteiger partial charge in [-0.05, 0) is 12.5 Å². The van der Waals surface area contributed by atoms with Crippen molar-refractivity contribution in [1.82, 2.24) is 0 Å². The molecule has 0 aliphatic heterocycles. The Kier molecular flexibility index (Phi) is 7.23. The van der Waals surface area contributed by atoms with Gasteiger partial charge in [-0.25, -0.2) is 4.57 Å². The van der Waals surface area contributed by atoms with E-state index in [2.05, 4.69) is 4.52 Å². The molecule has 0 rings (SSSR count). The van der Waals surface area contributed by atoms with Crippen molar-refractivity contribution < 1.29 is 23.6 Å². The molecule has 0 bridgehead atoms. The molecular formula is C7H14ClO5P. The van der Waals surface area contributed by atoms with Gasteiger partial charge in [-0.2, -0.15) is 0 Å². The summed E-state index contributed by atoms with van der Waals surface area (Å²) in [6, 6.07) is 0. The summed E-state index contributed by atoms with van der Waals surface area (Å²) in [6.07, 6.45) is 1.93. The van der Waals surface area contributed by atoms with Crippen molar-refractivity contribution in [1.29, 1.82) is 0 Å². The number of alkyl halides is 1. The Hall–Kier alpha value is -0.0600. The predicted molar refractivity (Wildman–Crippen MR) is 53.0 cm³/mol. The van der Waals surface area contributed by atoms with Gasteiger partial charge in [0.1, 0.15) is 0 Å². The second-order valence-corrected chi connectivity index (χ2v) is 4.15. The molecule has 0 aliphatic rings. The standard InChI is InChI=1S/C7H14ClO5P/c1-7(5-8)6-12-3-2-4-13-14(9,10)11/h6H,2-5H2,1H3,(H2,9,10,11). The maximum absolute atomic E-state index is 10.2. The highest BCUT2D eigenvalue weighted by molar-refractivity contribution is 7.46. The lowest BCUT2D eigenvalue weighted by molar-refractivity contribution is 0.167. The highest BCUT2D eigenvalue weighted by Gasteiger charge is 2.12. The summed E-state index contributed by atoms with van der Waals surface area (Å²) < 4.78 is 19.4. The van der Waals surface area contributed by atoms with Gasteiger partial charge in [-0.3, -0.25) is 4.52 Å². The van der Waals surface area contributed by atoms with E-state index in [1.54, 1.807) is 0 Å². The number of allylic oxidation sites excluding steroid dienone is 1. The fourth-order valence-corrected chi connectivity index (χ4v) is 0.988. The number of halogens is 1. The van der Waals surface area contributed by atoms with Crippen LogP contribution in [0, 0.1) is 0 Å². The van der Waals surface area contributed by atoms with Crippen LogP contribution in [0.25, 0.3) is 0 Å². The van der Waals surface area contributed by atoms with Crippen LogP contribution in [-0.4, -0.2) is 28.9 Å². The van der Waals surface area contributed by atoms with Crippen LogP contribution in [-0.2, 0) is 13.8 Å². The first kappa shape index (κ1) is 13.9. The zero-order valence-electron chi connectivity index (χ0n) is 7.85. The first-order valence-corrected chi connectivity index (χ1v) is 6.05. The Morgan fingerprint density at radius 1 is 1.50 bits per heavy atom. The number of rotatable bonds is 7. The fraction of sp³-hybridized carbons (Fsp3) is 0.714. The molecule has 0 aliphatic carbocycles. The summed E-state index contributed by atoms with van der Waals surface area (Å²) in [4.78, 5) is 16.6. The van der Waals surface area contributed by atoms with E-state index in [0.29, 0.717) is 18.9 Å². The molecule has 14 heavy (non-hydrogen) atoms. The van der Waals surface area contributed by atoms with E-state index in [1.807, 2.05) is 6.92 Å². The van der Waals surface area contributed by atoms with Crippen molar-refractivity contribution in [3.63, 3.8) is 0 Å². The first-order chi connectivity index (χ1) is 6.45. The maximum Gasteiger partial charge on any atom is 0.469 e. The van der Waals surface area contributed by atoms with Gasteiger partial charge in [0.25, 0.3) is 0 Å². The Morgan fingerprint density at radius 3 is 2.64 bits per heavy atom. The first-order valence-electron chi connectivity index (χ1n) is 3.99. The average molecular weight is 245 g/mol. The molecule has 0 heterocycles. The molecule has 0 radical (unpaired) electrons. The Morgan fingerprint density at radius 2 is 2.14 bits per heavy atom. The Labute approximate surface area is 87.9 Å². The lowest BCUT2D eigenvalue weighted by atomic mass is 10.4. The lowest BCUT2D eigenvalue weighted by Crippen LogP contribution is -1.97. The van der Waals surface area contributed by atoms with Gasteiger partial charge in [0.2, 0.25) is 0 Å². The molecule has 5 nitrogen and oxygen atoms in total. The lowest BCUT2D eigenvalue weighted by Gasteiger charge is -2.04. The highest BCUT2D eigenvalue weighted by Crippen LogP contribution is 2.35. The summed E-state index contributed by atoms with van der Waals surface area (Å²) in [7, 11) is -4.33. The van der Waals surface area contributed by atoms with Gasteiger partial charge in [0.05, 0.1) is 19.5 Å². The molecule has 7 heteroatoms. The van der Waals surface area contributed by atoms with Gasteiger partial charge < -0.3 is 14.5 Å². The molecule has 84 valence electrons. The fourth-order valence-electron chi connectivity index (χ4n) is 0.558. The Balaban J connectivity index is 3.35. The van der Waals surface area contributed by atoms with Crippen LogP contribution in [0.1, 0.15) is 13.3 Å². The van der Waals surface area contributed by atoms with Crippen molar-refractivity contribution in [2.75, 3.05) is 19.1 Å². The van der Waals surface area contributed by atoms with Crippen molar-refractivity contribution >= 4 is 19.4 Å². The monoisotopic (exact) mass is 244 g/mol. The number of ether oxygens (including phenoxy) is 1. The maximum atomic E-state index is 10.2. The number of hydrogen-bond donors (Lipinski definition) is 2. The molecule has 0 unspecified atom stereocenters. The summed E-state index contributed by atoms with van der Waals surface area (Å²) >= 11 is 5.48. The van der Waals surface area contributed by atoms with Crippen LogP contribution in [0.15, 0.2) is 11.8 Å². The van der Waals surface area contributed by atoms with E-state index in [0.717, 1.165) is 5.57 Å². The average Bonchev–Trinajstić information content (AvgIpc) is 2.08. The smallest absolute Gasteiger partial charge is 0.469 e. The molecule has 0 saturated heterocycles. The van der Waals surface area contributed by atoms with Crippen LogP contribution in [0.3, 0.4) is 0 Å². The van der Waals surface area contributed by atoms with Crippen molar-refractivity contribution in [2.45, 2.75) is 13.3 Å². The van der Waals surface area contributed by atoms with Gasteiger partial charge >= 0.3 is 7.82 Å². The topological polar surface area (TPSA) is 76.0 Å². The predicted octanol–water partition coefficient (Wildman–Crippen LogP) is 1.64. The molecule has 0 atom stereocenters. The number of phosphoric acid groups is 1. The molecular weight excluding hydrogens is 230 g/mol. The van der Waals surface area contributed by atoms with Crippen LogP contribution in [0.5, 0.6) is 0 Å². The van der Waals surface area contributed by atoms with Crippen molar-refractivity contribution in [3.8, 4) is 0 Å². The minimum atomic E-state index is -4.33. The molecule has 0 amide bonds. The van der Waals surface area contributed by atoms with Crippen molar-refractivity contribution in [2.24, 2.45) is 0 Å². The van der Waals surface area contributed by atoms with Gasteiger partial charge in [0.15, 0.2) is 0 Å². The number of hydrogen-bond acceptors (Lipinski definition) is 3. The van der Waals surface area contributed by atoms with E-state index in [9.17, 15) is 4.57 Å². The minimum absolute atomic E-state index is 0.0297. The van der Waals surface area contributed by atoms with E-state index < -0.39 is 7.82 Å². The molecule has 0 fully saturated rings. The van der Waals surface area contributed by atoms with E-state index in [4.69, 9.17) is 26.1 Å². The van der Waals surface area contributed by atoms with Gasteiger partial charge in [-0.15, -0.1) is 11.6 Å². The zero-order chi connectivity index (χ0) is 11.0. The van der Waals surface area contributed by atoms with Crippen LogP contribution < -0.4 is 0 Å². The quantitative estimate of drug-likeness (QED) is 0.308. The summed E-state index contributed by atoms with van der Waals surface area (Å²) in [5.41, 5.74) is 0.891. The van der Waals surface area contributed by atoms with E-state index in [1.165, 1.54) is 6.26 Å². The summed E-state index contributed by atoms with van der Waals surface area (Å²) in [5, 5.41) is 0. The molecule has 0 aromatic heterocycles. The third kappa shape index (κ3) is 10.0. The molecule has 2 N–H and O–H groups in total. The molecule has 0 spiro atoms. The summed E-state index contributed by atoms with van der Waals surface area (Å²) in [6.45, 7) is 2.13. The van der Waals surface area contributed by atoms with Crippen LogP contribution in [0.2, 0.25) is 0 Å². The summed E-state index contributed by atoms with van der Waals surface area (Å²) in [5.74, 6) is 0.402. The second kappa shape index (κ2) is 7.26. The third-order valence-corrected chi connectivity index (χ3v) is 2.10. The van der Waals surface area contributed by atoms with Crippen LogP contribution in [0.4, 0.5) is 0 Å². The highest BCUT2D eigenvalue weighted by atomic mass is 35.5. The van der Waals surface area contributed by atoms with E-state index in [-0.39, 0.29) is 6.61 Å². The Bertz CT molecular complexity index is 224. The molecule has 0 aromatic carbocycles.